The lowest BCUT2D eigenvalue weighted by atomic mass is 10.1. The molecule has 0 aromatic heterocycles. The summed E-state index contributed by atoms with van der Waals surface area (Å²) in [6, 6.07) is 16.9. The van der Waals surface area contributed by atoms with Crippen molar-refractivity contribution in [3.63, 3.8) is 0 Å². The number of aryl methyl sites for hydroxylation is 1. The molecule has 0 saturated heterocycles. The third-order valence-electron chi connectivity index (χ3n) is 3.83. The molecular weight excluding hydrogens is 300 g/mol. The first-order valence-electron chi connectivity index (χ1n) is 8.06. The zero-order valence-electron chi connectivity index (χ0n) is 14.5. The summed E-state index contributed by atoms with van der Waals surface area (Å²) in [5, 5.41) is 0. The molecule has 0 unspecified atom stereocenters. The van der Waals surface area contributed by atoms with Crippen LogP contribution >= 0.6 is 0 Å². The molecule has 2 aromatic carbocycles. The zero-order valence-corrected chi connectivity index (χ0v) is 14.5. The van der Waals surface area contributed by atoms with Crippen molar-refractivity contribution >= 4 is 11.7 Å². The van der Waals surface area contributed by atoms with Crippen LogP contribution in [0.5, 0.6) is 0 Å². The van der Waals surface area contributed by atoms with E-state index >= 15 is 0 Å². The highest BCUT2D eigenvalue weighted by molar-refractivity contribution is 6.42. The Morgan fingerprint density at radius 2 is 1.50 bits per heavy atom. The van der Waals surface area contributed by atoms with Gasteiger partial charge in [0.15, 0.2) is 0 Å². The molecule has 0 aliphatic carbocycles. The van der Waals surface area contributed by atoms with Gasteiger partial charge in [-0.15, -0.1) is 0 Å². The molecule has 2 rings (SSSR count). The van der Waals surface area contributed by atoms with E-state index in [0.717, 1.165) is 11.1 Å². The fraction of sp³-hybridized carbons (Fsp3) is 0.300. The Bertz CT molecular complexity index is 679. The number of carbonyl (C=O) groups excluding carboxylic acids is 2. The number of hydrogen-bond acceptors (Lipinski definition) is 3. The molecular formula is C20H24N2O2. The highest BCUT2D eigenvalue weighted by atomic mass is 16.2. The average molecular weight is 324 g/mol. The molecule has 0 fully saturated rings. The molecule has 4 nitrogen and oxygen atoms in total. The fourth-order valence-corrected chi connectivity index (χ4v) is 2.35. The fourth-order valence-electron chi connectivity index (χ4n) is 2.35. The molecule has 0 saturated carbocycles. The van der Waals surface area contributed by atoms with Gasteiger partial charge in [0.25, 0.3) is 5.91 Å². The number of Topliss-reactive ketones (excluding diaryl/α,β-unsaturated/α-hetero) is 1. The molecule has 0 aliphatic rings. The maximum atomic E-state index is 12.7. The molecule has 0 N–H and O–H groups in total. The van der Waals surface area contributed by atoms with Crippen LogP contribution in [0, 0.1) is 6.92 Å². The highest BCUT2D eigenvalue weighted by Crippen LogP contribution is 2.10. The van der Waals surface area contributed by atoms with Gasteiger partial charge in [-0.25, -0.2) is 0 Å². The van der Waals surface area contributed by atoms with Gasteiger partial charge in [-0.2, -0.15) is 0 Å². The quantitative estimate of drug-likeness (QED) is 0.581. The first-order chi connectivity index (χ1) is 11.5. The van der Waals surface area contributed by atoms with E-state index in [2.05, 4.69) is 0 Å². The topological polar surface area (TPSA) is 40.6 Å². The van der Waals surface area contributed by atoms with Crippen LogP contribution in [0.15, 0.2) is 54.6 Å². The van der Waals surface area contributed by atoms with E-state index in [9.17, 15) is 9.59 Å². The van der Waals surface area contributed by atoms with Gasteiger partial charge in [-0.3, -0.25) is 9.59 Å². The normalized spacial score (nSPS) is 10.7. The van der Waals surface area contributed by atoms with Crippen LogP contribution < -0.4 is 0 Å². The van der Waals surface area contributed by atoms with Gasteiger partial charge >= 0.3 is 0 Å². The lowest BCUT2D eigenvalue weighted by molar-refractivity contribution is -0.127. The Morgan fingerprint density at radius 3 is 2.08 bits per heavy atom. The van der Waals surface area contributed by atoms with E-state index in [1.807, 2.05) is 68.4 Å². The van der Waals surface area contributed by atoms with Crippen molar-refractivity contribution in [3.05, 3.63) is 71.3 Å². The van der Waals surface area contributed by atoms with Crippen molar-refractivity contribution in [1.29, 1.82) is 0 Å². The van der Waals surface area contributed by atoms with Crippen LogP contribution in [0.4, 0.5) is 0 Å². The Balaban J connectivity index is 2.16. The molecule has 0 aliphatic heterocycles. The minimum absolute atomic E-state index is 0.436. The third-order valence-corrected chi connectivity index (χ3v) is 3.83. The number of likely N-dealkylation sites (N-methyl/N-ethyl adjacent to an activating group) is 1. The molecule has 0 bridgehead atoms. The van der Waals surface area contributed by atoms with Gasteiger partial charge in [0.1, 0.15) is 0 Å². The summed E-state index contributed by atoms with van der Waals surface area (Å²) < 4.78 is 0. The number of amides is 1. The average Bonchev–Trinajstić information content (AvgIpc) is 2.58. The van der Waals surface area contributed by atoms with Crippen molar-refractivity contribution < 1.29 is 9.59 Å². The van der Waals surface area contributed by atoms with Crippen molar-refractivity contribution in [2.45, 2.75) is 13.5 Å². The summed E-state index contributed by atoms with van der Waals surface area (Å²) in [7, 11) is 3.90. The maximum absolute atomic E-state index is 12.7. The molecule has 126 valence electrons. The monoisotopic (exact) mass is 324 g/mol. The third kappa shape index (κ3) is 5.03. The lowest BCUT2D eigenvalue weighted by Gasteiger charge is -2.24. The second kappa shape index (κ2) is 8.41. The second-order valence-electron chi connectivity index (χ2n) is 6.21. The second-order valence-corrected chi connectivity index (χ2v) is 6.21. The predicted octanol–water partition coefficient (Wildman–Crippen LogP) is 2.77. The molecule has 1 amide bonds. The van der Waals surface area contributed by atoms with Gasteiger partial charge in [-0.1, -0.05) is 60.2 Å². The predicted molar refractivity (Wildman–Crippen MR) is 95.9 cm³/mol. The molecule has 2 aromatic rings. The van der Waals surface area contributed by atoms with E-state index < -0.39 is 11.7 Å². The first-order valence-corrected chi connectivity index (χ1v) is 8.06. The van der Waals surface area contributed by atoms with Gasteiger partial charge < -0.3 is 9.80 Å². The van der Waals surface area contributed by atoms with Gasteiger partial charge in [0, 0.05) is 25.2 Å². The Labute approximate surface area is 143 Å². The first kappa shape index (κ1) is 17.9. The standard InChI is InChI=1S/C20H24N2O2/c1-16-9-11-18(12-10-16)19(23)20(24)22(14-13-21(2)3)15-17-7-5-4-6-8-17/h4-12H,13-15H2,1-3H3. The van der Waals surface area contributed by atoms with Crippen LogP contribution in [0.25, 0.3) is 0 Å². The summed E-state index contributed by atoms with van der Waals surface area (Å²) in [5.74, 6) is -0.908. The molecule has 24 heavy (non-hydrogen) atoms. The maximum Gasteiger partial charge on any atom is 0.295 e. The number of rotatable bonds is 7. The van der Waals surface area contributed by atoms with Crippen LogP contribution in [0.2, 0.25) is 0 Å². The van der Waals surface area contributed by atoms with Crippen molar-refractivity contribution in [1.82, 2.24) is 9.80 Å². The number of carbonyl (C=O) groups is 2. The molecule has 4 heteroatoms. The summed E-state index contributed by atoms with van der Waals surface area (Å²) in [6.45, 7) is 3.61. The molecule has 0 heterocycles. The summed E-state index contributed by atoms with van der Waals surface area (Å²) in [4.78, 5) is 28.9. The number of benzene rings is 2. The molecule has 0 spiro atoms. The Kier molecular flexibility index (Phi) is 6.27. The summed E-state index contributed by atoms with van der Waals surface area (Å²) >= 11 is 0. The van der Waals surface area contributed by atoms with Gasteiger partial charge in [0.2, 0.25) is 5.78 Å². The van der Waals surface area contributed by atoms with E-state index in [0.29, 0.717) is 25.2 Å². The van der Waals surface area contributed by atoms with Gasteiger partial charge in [0.05, 0.1) is 0 Å². The molecule has 0 radical (unpaired) electrons. The van der Waals surface area contributed by atoms with Crippen molar-refractivity contribution in [2.75, 3.05) is 27.2 Å². The number of nitrogens with zero attached hydrogens (tertiary/aromatic N) is 2. The number of ketones is 1. The van der Waals surface area contributed by atoms with Crippen molar-refractivity contribution in [3.8, 4) is 0 Å². The largest absolute Gasteiger partial charge is 0.330 e. The van der Waals surface area contributed by atoms with Crippen LogP contribution in [0.3, 0.4) is 0 Å². The van der Waals surface area contributed by atoms with Crippen LogP contribution in [-0.4, -0.2) is 48.7 Å². The molecule has 0 atom stereocenters. The van der Waals surface area contributed by atoms with Crippen LogP contribution in [0.1, 0.15) is 21.5 Å². The Morgan fingerprint density at radius 1 is 0.875 bits per heavy atom. The van der Waals surface area contributed by atoms with Crippen molar-refractivity contribution in [2.24, 2.45) is 0 Å². The lowest BCUT2D eigenvalue weighted by Crippen LogP contribution is -2.40. The smallest absolute Gasteiger partial charge is 0.295 e. The van der Waals surface area contributed by atoms with E-state index in [1.54, 1.807) is 17.0 Å². The van der Waals surface area contributed by atoms with E-state index in [4.69, 9.17) is 0 Å². The minimum atomic E-state index is -0.454. The zero-order chi connectivity index (χ0) is 17.5. The van der Waals surface area contributed by atoms with Crippen LogP contribution in [-0.2, 0) is 11.3 Å². The van der Waals surface area contributed by atoms with Gasteiger partial charge in [-0.05, 0) is 26.6 Å². The SMILES string of the molecule is Cc1ccc(C(=O)C(=O)N(CCN(C)C)Cc2ccccc2)cc1. The summed E-state index contributed by atoms with van der Waals surface area (Å²) in [6.07, 6.45) is 0. The highest BCUT2D eigenvalue weighted by Gasteiger charge is 2.23. The summed E-state index contributed by atoms with van der Waals surface area (Å²) in [5.41, 5.74) is 2.52. The minimum Gasteiger partial charge on any atom is -0.330 e. The Hall–Kier alpha value is -2.46. The van der Waals surface area contributed by atoms with E-state index in [1.165, 1.54) is 0 Å². The van der Waals surface area contributed by atoms with E-state index in [-0.39, 0.29) is 0 Å². The number of hydrogen-bond donors (Lipinski definition) is 0.